The van der Waals surface area contributed by atoms with Gasteiger partial charge >= 0.3 is 0 Å². The van der Waals surface area contributed by atoms with Gasteiger partial charge in [-0.25, -0.2) is 13.5 Å². The summed E-state index contributed by atoms with van der Waals surface area (Å²) in [4.78, 5) is 23.0. The highest BCUT2D eigenvalue weighted by atomic mass is 19.2. The van der Waals surface area contributed by atoms with Gasteiger partial charge in [-0.05, 0) is 23.8 Å². The number of hydrogen-bond acceptors (Lipinski definition) is 4. The first-order chi connectivity index (χ1) is 10.4. The second-order valence-corrected chi connectivity index (χ2v) is 4.58. The number of aliphatic hydroxyl groups excluding tert-OH is 1. The van der Waals surface area contributed by atoms with Crippen molar-refractivity contribution in [3.8, 4) is 0 Å². The predicted molar refractivity (Wildman–Crippen MR) is 73.1 cm³/mol. The highest BCUT2D eigenvalue weighted by Gasteiger charge is 2.14. The summed E-state index contributed by atoms with van der Waals surface area (Å²) < 4.78 is 26.9. The quantitative estimate of drug-likeness (QED) is 0.862. The van der Waals surface area contributed by atoms with Crippen LogP contribution in [0.15, 0.2) is 35.1 Å². The van der Waals surface area contributed by atoms with Crippen LogP contribution in [0.4, 0.5) is 8.78 Å². The fraction of sp³-hybridized carbons (Fsp3) is 0.214. The average Bonchev–Trinajstić information content (AvgIpc) is 2.50. The third kappa shape index (κ3) is 3.53. The molecule has 2 N–H and O–H groups in total. The standard InChI is InChI=1S/C14H13F2N3O3/c1-19-13(21)5-4-11(18-19)14(22)17-7-12(20)8-2-3-9(15)10(16)6-8/h2-6,12,20H,7H2,1H3,(H,17,22). The Morgan fingerprint density at radius 2 is 2.05 bits per heavy atom. The summed E-state index contributed by atoms with van der Waals surface area (Å²) in [6.07, 6.45) is -1.20. The number of nitrogens with one attached hydrogen (secondary N) is 1. The van der Waals surface area contributed by atoms with E-state index in [4.69, 9.17) is 0 Å². The lowest BCUT2D eigenvalue weighted by atomic mass is 10.1. The van der Waals surface area contributed by atoms with Crippen molar-refractivity contribution in [3.05, 3.63) is 63.6 Å². The largest absolute Gasteiger partial charge is 0.387 e. The van der Waals surface area contributed by atoms with Crippen LogP contribution in [0.5, 0.6) is 0 Å². The molecule has 0 aliphatic carbocycles. The number of nitrogens with zero attached hydrogens (tertiary/aromatic N) is 2. The van der Waals surface area contributed by atoms with Gasteiger partial charge in [-0.15, -0.1) is 0 Å². The maximum absolute atomic E-state index is 13.1. The van der Waals surface area contributed by atoms with Crippen molar-refractivity contribution in [3.63, 3.8) is 0 Å². The molecule has 1 atom stereocenters. The number of amides is 1. The molecular formula is C14H13F2N3O3. The molecule has 2 rings (SSSR count). The Labute approximate surface area is 124 Å². The lowest BCUT2D eigenvalue weighted by Crippen LogP contribution is -2.31. The summed E-state index contributed by atoms with van der Waals surface area (Å²) in [5, 5.41) is 16.0. The highest BCUT2D eigenvalue weighted by molar-refractivity contribution is 5.92. The molecule has 2 aromatic rings. The van der Waals surface area contributed by atoms with Crippen LogP contribution in [0.25, 0.3) is 0 Å². The monoisotopic (exact) mass is 309 g/mol. The first-order valence-electron chi connectivity index (χ1n) is 6.34. The zero-order chi connectivity index (χ0) is 16.3. The molecule has 1 heterocycles. The molecule has 1 amide bonds. The van der Waals surface area contributed by atoms with Gasteiger partial charge in [0.25, 0.3) is 11.5 Å². The Morgan fingerprint density at radius 3 is 2.68 bits per heavy atom. The van der Waals surface area contributed by atoms with E-state index in [9.17, 15) is 23.5 Å². The highest BCUT2D eigenvalue weighted by Crippen LogP contribution is 2.15. The minimum absolute atomic E-state index is 0.000383. The van der Waals surface area contributed by atoms with E-state index in [1.54, 1.807) is 0 Å². The molecule has 0 aliphatic rings. The number of carbonyl (C=O) groups is 1. The van der Waals surface area contributed by atoms with Gasteiger partial charge in [-0.3, -0.25) is 9.59 Å². The third-order valence-electron chi connectivity index (χ3n) is 2.98. The van der Waals surface area contributed by atoms with Crippen molar-refractivity contribution in [1.29, 1.82) is 0 Å². The van der Waals surface area contributed by atoms with E-state index in [0.717, 1.165) is 16.8 Å². The summed E-state index contributed by atoms with van der Waals surface area (Å²) >= 11 is 0. The summed E-state index contributed by atoms with van der Waals surface area (Å²) in [5.41, 5.74) is -0.231. The Kier molecular flexibility index (Phi) is 4.62. The molecule has 8 heteroatoms. The van der Waals surface area contributed by atoms with Gasteiger partial charge in [-0.2, -0.15) is 5.10 Å². The summed E-state index contributed by atoms with van der Waals surface area (Å²) in [5.74, 6) is -2.70. The van der Waals surface area contributed by atoms with Gasteiger partial charge in [0.2, 0.25) is 0 Å². The fourth-order valence-corrected chi connectivity index (χ4v) is 1.74. The Bertz CT molecular complexity index is 761. The molecule has 0 fully saturated rings. The molecule has 0 radical (unpaired) electrons. The van der Waals surface area contributed by atoms with E-state index in [1.165, 1.54) is 25.2 Å². The van der Waals surface area contributed by atoms with Crippen molar-refractivity contribution < 1.29 is 18.7 Å². The second kappa shape index (κ2) is 6.44. The van der Waals surface area contributed by atoms with Gasteiger partial charge in [0.1, 0.15) is 5.69 Å². The van der Waals surface area contributed by atoms with Gasteiger partial charge in [-0.1, -0.05) is 6.07 Å². The number of benzene rings is 1. The van der Waals surface area contributed by atoms with E-state index in [-0.39, 0.29) is 23.4 Å². The lowest BCUT2D eigenvalue weighted by Gasteiger charge is -2.12. The van der Waals surface area contributed by atoms with Crippen LogP contribution < -0.4 is 10.9 Å². The van der Waals surface area contributed by atoms with E-state index in [2.05, 4.69) is 10.4 Å². The molecule has 0 aliphatic heterocycles. The number of aliphatic hydroxyl groups is 1. The van der Waals surface area contributed by atoms with Crippen LogP contribution >= 0.6 is 0 Å². The minimum Gasteiger partial charge on any atom is -0.387 e. The molecular weight excluding hydrogens is 296 g/mol. The molecule has 0 saturated carbocycles. The molecule has 0 saturated heterocycles. The van der Waals surface area contributed by atoms with Crippen molar-refractivity contribution in [1.82, 2.24) is 15.1 Å². The van der Waals surface area contributed by atoms with Crippen LogP contribution in [-0.2, 0) is 7.05 Å². The van der Waals surface area contributed by atoms with Crippen LogP contribution in [-0.4, -0.2) is 27.3 Å². The van der Waals surface area contributed by atoms with Gasteiger partial charge in [0.15, 0.2) is 11.6 Å². The van der Waals surface area contributed by atoms with Crippen LogP contribution in [0.1, 0.15) is 22.2 Å². The maximum Gasteiger partial charge on any atom is 0.271 e. The second-order valence-electron chi connectivity index (χ2n) is 4.58. The zero-order valence-corrected chi connectivity index (χ0v) is 11.6. The number of carbonyl (C=O) groups excluding carboxylic acids is 1. The molecule has 0 spiro atoms. The first kappa shape index (κ1) is 15.8. The van der Waals surface area contributed by atoms with Crippen molar-refractivity contribution in [2.75, 3.05) is 6.54 Å². The van der Waals surface area contributed by atoms with Crippen molar-refractivity contribution in [2.24, 2.45) is 7.05 Å². The van der Waals surface area contributed by atoms with Crippen LogP contribution in [0, 0.1) is 11.6 Å². The Balaban J connectivity index is 2.02. The summed E-state index contributed by atoms with van der Waals surface area (Å²) in [6.45, 7) is -0.214. The molecule has 0 bridgehead atoms. The van der Waals surface area contributed by atoms with Gasteiger partial charge in [0, 0.05) is 19.7 Å². The Morgan fingerprint density at radius 1 is 1.32 bits per heavy atom. The minimum atomic E-state index is -1.20. The molecule has 116 valence electrons. The number of aromatic nitrogens is 2. The van der Waals surface area contributed by atoms with Crippen molar-refractivity contribution in [2.45, 2.75) is 6.10 Å². The zero-order valence-electron chi connectivity index (χ0n) is 11.6. The molecule has 6 nitrogen and oxygen atoms in total. The molecule has 1 aromatic heterocycles. The fourth-order valence-electron chi connectivity index (χ4n) is 1.74. The SMILES string of the molecule is Cn1nc(C(=O)NCC(O)c2ccc(F)c(F)c2)ccc1=O. The van der Waals surface area contributed by atoms with Crippen molar-refractivity contribution >= 4 is 5.91 Å². The van der Waals surface area contributed by atoms with E-state index in [0.29, 0.717) is 0 Å². The van der Waals surface area contributed by atoms with Crippen LogP contribution in [0.3, 0.4) is 0 Å². The number of aryl methyl sites for hydroxylation is 1. The average molecular weight is 309 g/mol. The van der Waals surface area contributed by atoms with Gasteiger partial charge < -0.3 is 10.4 Å². The van der Waals surface area contributed by atoms with E-state index < -0.39 is 23.6 Å². The Hall–Kier alpha value is -2.61. The van der Waals surface area contributed by atoms with E-state index >= 15 is 0 Å². The summed E-state index contributed by atoms with van der Waals surface area (Å²) in [6, 6.07) is 5.41. The number of halogens is 2. The van der Waals surface area contributed by atoms with Gasteiger partial charge in [0.05, 0.1) is 6.10 Å². The first-order valence-corrected chi connectivity index (χ1v) is 6.34. The number of rotatable bonds is 4. The lowest BCUT2D eigenvalue weighted by molar-refractivity contribution is 0.0909. The predicted octanol–water partition coefficient (Wildman–Crippen LogP) is 0.522. The normalized spacial score (nSPS) is 12.0. The van der Waals surface area contributed by atoms with Crippen LogP contribution in [0.2, 0.25) is 0 Å². The maximum atomic E-state index is 13.1. The van der Waals surface area contributed by atoms with E-state index in [1.807, 2.05) is 0 Å². The topological polar surface area (TPSA) is 84.2 Å². The smallest absolute Gasteiger partial charge is 0.271 e. The third-order valence-corrected chi connectivity index (χ3v) is 2.98. The molecule has 22 heavy (non-hydrogen) atoms. The molecule has 1 unspecified atom stereocenters. The summed E-state index contributed by atoms with van der Waals surface area (Å²) in [7, 11) is 1.40. The number of hydrogen-bond donors (Lipinski definition) is 2. The molecule has 1 aromatic carbocycles.